The SMILES string of the molecule is NCCCCC(N)C(=O)O.O=C1CCC(=O)N1O. The molecule has 1 aliphatic heterocycles. The van der Waals surface area contributed by atoms with Gasteiger partial charge in [-0.1, -0.05) is 6.42 Å². The Morgan fingerprint density at radius 2 is 1.78 bits per heavy atom. The van der Waals surface area contributed by atoms with E-state index in [2.05, 4.69) is 0 Å². The van der Waals surface area contributed by atoms with Crippen molar-refractivity contribution in [1.29, 1.82) is 0 Å². The Balaban J connectivity index is 0.000000327. The maximum absolute atomic E-state index is 10.2. The third kappa shape index (κ3) is 6.28. The Morgan fingerprint density at radius 3 is 2.06 bits per heavy atom. The molecule has 1 unspecified atom stereocenters. The van der Waals surface area contributed by atoms with Gasteiger partial charge in [0.1, 0.15) is 6.04 Å². The number of amides is 2. The van der Waals surface area contributed by atoms with E-state index >= 15 is 0 Å². The van der Waals surface area contributed by atoms with Gasteiger partial charge in [-0.2, -0.15) is 5.06 Å². The Morgan fingerprint density at radius 1 is 1.28 bits per heavy atom. The van der Waals surface area contributed by atoms with Gasteiger partial charge in [0.05, 0.1) is 0 Å². The highest BCUT2D eigenvalue weighted by molar-refractivity contribution is 6.00. The molecule has 0 aliphatic carbocycles. The summed E-state index contributed by atoms with van der Waals surface area (Å²) in [5, 5.41) is 16.9. The molecule has 2 amide bonds. The highest BCUT2D eigenvalue weighted by atomic mass is 16.5. The minimum Gasteiger partial charge on any atom is -0.480 e. The zero-order valence-electron chi connectivity index (χ0n) is 10.0. The van der Waals surface area contributed by atoms with Crippen LogP contribution < -0.4 is 11.5 Å². The van der Waals surface area contributed by atoms with Gasteiger partial charge >= 0.3 is 5.97 Å². The van der Waals surface area contributed by atoms with E-state index in [-0.39, 0.29) is 17.9 Å². The molecule has 6 N–H and O–H groups in total. The number of carbonyl (C=O) groups excluding carboxylic acids is 2. The van der Waals surface area contributed by atoms with Crippen LogP contribution in [-0.4, -0.2) is 45.7 Å². The number of rotatable bonds is 5. The molecule has 0 spiro atoms. The summed E-state index contributed by atoms with van der Waals surface area (Å²) in [5.74, 6) is -1.94. The van der Waals surface area contributed by atoms with Crippen molar-refractivity contribution in [2.24, 2.45) is 11.5 Å². The molecule has 1 rings (SSSR count). The monoisotopic (exact) mass is 261 g/mol. The average molecular weight is 261 g/mol. The highest BCUT2D eigenvalue weighted by Gasteiger charge is 2.26. The van der Waals surface area contributed by atoms with Crippen LogP contribution in [0.25, 0.3) is 0 Å². The number of carbonyl (C=O) groups is 3. The van der Waals surface area contributed by atoms with Crippen molar-refractivity contribution in [3.05, 3.63) is 0 Å². The molecule has 18 heavy (non-hydrogen) atoms. The average Bonchev–Trinajstić information content (AvgIpc) is 2.61. The predicted molar refractivity (Wildman–Crippen MR) is 61.4 cm³/mol. The Labute approximate surface area is 104 Å². The maximum atomic E-state index is 10.2. The first-order chi connectivity index (χ1) is 8.40. The lowest BCUT2D eigenvalue weighted by Crippen LogP contribution is -2.29. The number of imide groups is 1. The van der Waals surface area contributed by atoms with Crippen molar-refractivity contribution < 1.29 is 24.7 Å². The fourth-order valence-corrected chi connectivity index (χ4v) is 1.20. The van der Waals surface area contributed by atoms with Gasteiger partial charge in [-0.05, 0) is 19.4 Å². The number of aliphatic carboxylic acids is 1. The molecule has 104 valence electrons. The molecule has 0 aromatic rings. The summed E-state index contributed by atoms with van der Waals surface area (Å²) >= 11 is 0. The van der Waals surface area contributed by atoms with E-state index in [9.17, 15) is 14.4 Å². The second kappa shape index (κ2) is 8.56. The zero-order valence-corrected chi connectivity index (χ0v) is 10.0. The fourth-order valence-electron chi connectivity index (χ4n) is 1.20. The van der Waals surface area contributed by atoms with Gasteiger partial charge in [-0.25, -0.2) is 0 Å². The number of hydrogen-bond acceptors (Lipinski definition) is 6. The quantitative estimate of drug-likeness (QED) is 0.283. The van der Waals surface area contributed by atoms with Gasteiger partial charge in [0.25, 0.3) is 11.8 Å². The fraction of sp³-hybridized carbons (Fsp3) is 0.700. The molecule has 0 aromatic heterocycles. The molecule has 0 bridgehead atoms. The van der Waals surface area contributed by atoms with Crippen LogP contribution in [0.2, 0.25) is 0 Å². The third-order valence-corrected chi connectivity index (χ3v) is 2.31. The summed E-state index contributed by atoms with van der Waals surface area (Å²) in [5.41, 5.74) is 10.4. The highest BCUT2D eigenvalue weighted by Crippen LogP contribution is 2.07. The standard InChI is InChI=1S/C6H14N2O2.C4H5NO3/c7-4-2-1-3-5(8)6(9)10;6-3-1-2-4(7)5(3)8/h5H,1-4,7-8H2,(H,9,10);8H,1-2H2. The van der Waals surface area contributed by atoms with Crippen molar-refractivity contribution >= 4 is 17.8 Å². The lowest BCUT2D eigenvalue weighted by Gasteiger charge is -2.03. The first-order valence-electron chi connectivity index (χ1n) is 5.63. The van der Waals surface area contributed by atoms with Gasteiger partial charge in [0.2, 0.25) is 0 Å². The Bertz CT molecular complexity index is 292. The van der Waals surface area contributed by atoms with Gasteiger partial charge in [0, 0.05) is 12.8 Å². The Kier molecular flexibility index (Phi) is 7.84. The van der Waals surface area contributed by atoms with E-state index in [4.69, 9.17) is 21.8 Å². The predicted octanol–water partition coefficient (Wildman–Crippen LogP) is -0.948. The molecule has 1 fully saturated rings. The smallest absolute Gasteiger partial charge is 0.320 e. The molecule has 8 nitrogen and oxygen atoms in total. The number of hydrogen-bond donors (Lipinski definition) is 4. The minimum atomic E-state index is -0.933. The summed E-state index contributed by atoms with van der Waals surface area (Å²) in [6.07, 6.45) is 2.46. The van der Waals surface area contributed by atoms with Crippen LogP contribution in [0.5, 0.6) is 0 Å². The minimum absolute atomic E-state index is 0.148. The number of nitrogens with zero attached hydrogens (tertiary/aromatic N) is 1. The molecule has 1 saturated heterocycles. The van der Waals surface area contributed by atoms with Gasteiger partial charge in [-0.3, -0.25) is 19.6 Å². The number of hydroxylamine groups is 2. The number of carboxylic acids is 1. The topological polar surface area (TPSA) is 147 Å². The van der Waals surface area contributed by atoms with E-state index in [1.807, 2.05) is 0 Å². The number of carboxylic acid groups (broad SMARTS) is 1. The van der Waals surface area contributed by atoms with Crippen molar-refractivity contribution in [1.82, 2.24) is 5.06 Å². The van der Waals surface area contributed by atoms with E-state index < -0.39 is 23.8 Å². The number of nitrogens with two attached hydrogens (primary N) is 2. The molecule has 1 heterocycles. The summed E-state index contributed by atoms with van der Waals surface area (Å²) < 4.78 is 0. The van der Waals surface area contributed by atoms with Crippen LogP contribution in [0.1, 0.15) is 32.1 Å². The van der Waals surface area contributed by atoms with Crippen molar-refractivity contribution in [2.75, 3.05) is 6.54 Å². The summed E-state index contributed by atoms with van der Waals surface area (Å²) in [6, 6.07) is -0.716. The first kappa shape index (κ1) is 16.5. The molecular formula is C10H19N3O5. The normalized spacial score (nSPS) is 16.3. The van der Waals surface area contributed by atoms with Crippen molar-refractivity contribution in [3.8, 4) is 0 Å². The van der Waals surface area contributed by atoms with Crippen LogP contribution in [-0.2, 0) is 14.4 Å². The van der Waals surface area contributed by atoms with Crippen LogP contribution in [0.3, 0.4) is 0 Å². The van der Waals surface area contributed by atoms with Gasteiger partial charge in [0.15, 0.2) is 0 Å². The van der Waals surface area contributed by atoms with Crippen LogP contribution in [0.4, 0.5) is 0 Å². The summed E-state index contributed by atoms with van der Waals surface area (Å²) in [6.45, 7) is 0.604. The first-order valence-corrected chi connectivity index (χ1v) is 5.63. The maximum Gasteiger partial charge on any atom is 0.320 e. The zero-order chi connectivity index (χ0) is 14.1. The summed E-state index contributed by atoms with van der Waals surface area (Å²) in [4.78, 5) is 30.6. The largest absolute Gasteiger partial charge is 0.480 e. The van der Waals surface area contributed by atoms with E-state index in [0.717, 1.165) is 12.8 Å². The van der Waals surface area contributed by atoms with Crippen molar-refractivity contribution in [3.63, 3.8) is 0 Å². The molecular weight excluding hydrogens is 242 g/mol. The Hall–Kier alpha value is -1.51. The second-order valence-electron chi connectivity index (χ2n) is 3.83. The molecule has 1 aliphatic rings. The molecule has 8 heteroatoms. The van der Waals surface area contributed by atoms with E-state index in [1.54, 1.807) is 0 Å². The summed E-state index contributed by atoms with van der Waals surface area (Å²) in [7, 11) is 0. The lowest BCUT2D eigenvalue weighted by atomic mass is 10.1. The van der Waals surface area contributed by atoms with E-state index in [0.29, 0.717) is 13.0 Å². The number of unbranched alkanes of at least 4 members (excludes halogenated alkanes) is 1. The van der Waals surface area contributed by atoms with Gasteiger partial charge in [-0.15, -0.1) is 0 Å². The van der Waals surface area contributed by atoms with Crippen molar-refractivity contribution in [2.45, 2.75) is 38.1 Å². The molecule has 0 radical (unpaired) electrons. The van der Waals surface area contributed by atoms with Crippen LogP contribution >= 0.6 is 0 Å². The molecule has 0 saturated carbocycles. The van der Waals surface area contributed by atoms with Crippen LogP contribution in [0.15, 0.2) is 0 Å². The molecule has 1 atom stereocenters. The van der Waals surface area contributed by atoms with Crippen LogP contribution in [0, 0.1) is 0 Å². The second-order valence-corrected chi connectivity index (χ2v) is 3.83. The lowest BCUT2D eigenvalue weighted by molar-refractivity contribution is -0.171. The molecule has 0 aromatic carbocycles. The van der Waals surface area contributed by atoms with E-state index in [1.165, 1.54) is 0 Å². The third-order valence-electron chi connectivity index (χ3n) is 2.31. The van der Waals surface area contributed by atoms with Gasteiger partial charge < -0.3 is 16.6 Å².